The Morgan fingerprint density at radius 1 is 1.43 bits per heavy atom. The highest BCUT2D eigenvalue weighted by molar-refractivity contribution is 7.99. The van der Waals surface area contributed by atoms with Gasteiger partial charge >= 0.3 is 5.97 Å². The van der Waals surface area contributed by atoms with Crippen molar-refractivity contribution in [3.63, 3.8) is 0 Å². The molecule has 1 atom stereocenters. The van der Waals surface area contributed by atoms with E-state index in [0.29, 0.717) is 32.2 Å². The number of thiophene rings is 1. The lowest BCUT2D eigenvalue weighted by Gasteiger charge is -2.20. The van der Waals surface area contributed by atoms with Gasteiger partial charge in [0.1, 0.15) is 11.9 Å². The van der Waals surface area contributed by atoms with E-state index in [2.05, 4.69) is 0 Å². The molecule has 21 heavy (non-hydrogen) atoms. The van der Waals surface area contributed by atoms with Gasteiger partial charge in [0.2, 0.25) is 0 Å². The molecule has 1 N–H and O–H groups in total. The Morgan fingerprint density at radius 3 is 2.86 bits per heavy atom. The van der Waals surface area contributed by atoms with Gasteiger partial charge in [0.25, 0.3) is 5.91 Å². The smallest absolute Gasteiger partial charge is 0.327 e. The number of hydrogen-bond acceptors (Lipinski definition) is 4. The van der Waals surface area contributed by atoms with Crippen LogP contribution in [-0.2, 0) is 4.79 Å². The minimum atomic E-state index is -1.00. The monoisotopic (exact) mass is 325 g/mol. The van der Waals surface area contributed by atoms with Crippen molar-refractivity contribution < 1.29 is 19.1 Å². The molecule has 2 aromatic rings. The molecule has 3 rings (SSSR count). The fraction of sp³-hybridized carbons (Fsp3) is 0.286. The highest BCUT2D eigenvalue weighted by Crippen LogP contribution is 2.35. The Labute approximate surface area is 128 Å². The van der Waals surface area contributed by atoms with Crippen LogP contribution < -0.4 is 0 Å². The normalized spacial score (nSPS) is 18.4. The van der Waals surface area contributed by atoms with Gasteiger partial charge < -0.3 is 10.0 Å². The first kappa shape index (κ1) is 14.3. The second-order valence-electron chi connectivity index (χ2n) is 4.80. The Kier molecular flexibility index (Phi) is 3.62. The minimum absolute atomic E-state index is 0.328. The van der Waals surface area contributed by atoms with Crippen LogP contribution in [0.4, 0.5) is 4.39 Å². The lowest BCUT2D eigenvalue weighted by atomic mass is 10.1. The van der Waals surface area contributed by atoms with Gasteiger partial charge in [-0.3, -0.25) is 4.79 Å². The van der Waals surface area contributed by atoms with Crippen LogP contribution in [-0.4, -0.2) is 39.6 Å². The van der Waals surface area contributed by atoms with E-state index in [9.17, 15) is 14.0 Å². The number of thioether (sulfide) groups is 1. The number of hydrogen-bond donors (Lipinski definition) is 1. The van der Waals surface area contributed by atoms with E-state index in [-0.39, 0.29) is 11.7 Å². The molecule has 1 aromatic heterocycles. The summed E-state index contributed by atoms with van der Waals surface area (Å²) < 4.78 is 14.6. The van der Waals surface area contributed by atoms with Gasteiger partial charge in [-0.2, -0.15) is 0 Å². The summed E-state index contributed by atoms with van der Waals surface area (Å²) in [6.45, 7) is 1.70. The van der Waals surface area contributed by atoms with Gasteiger partial charge in [0, 0.05) is 15.8 Å². The Morgan fingerprint density at radius 2 is 2.19 bits per heavy atom. The molecule has 1 saturated heterocycles. The number of fused-ring (bicyclic) bond motifs is 1. The Bertz CT molecular complexity index is 743. The van der Waals surface area contributed by atoms with Crippen LogP contribution in [0, 0.1) is 12.7 Å². The summed E-state index contributed by atoms with van der Waals surface area (Å²) in [6.07, 6.45) is 0. The van der Waals surface area contributed by atoms with Gasteiger partial charge in [-0.15, -0.1) is 23.1 Å². The molecule has 1 aromatic carbocycles. The van der Waals surface area contributed by atoms with E-state index in [1.165, 1.54) is 34.1 Å². The number of carbonyl (C=O) groups is 2. The van der Waals surface area contributed by atoms with Crippen molar-refractivity contribution >= 4 is 45.1 Å². The molecule has 0 aliphatic carbocycles. The quantitative estimate of drug-likeness (QED) is 0.922. The average Bonchev–Trinajstić information content (AvgIpc) is 3.04. The molecule has 0 radical (unpaired) electrons. The molecule has 7 heteroatoms. The molecule has 1 unspecified atom stereocenters. The first-order valence-corrected chi connectivity index (χ1v) is 8.27. The number of aryl methyl sites for hydroxylation is 1. The summed E-state index contributed by atoms with van der Waals surface area (Å²) in [4.78, 5) is 25.6. The third kappa shape index (κ3) is 2.30. The maximum atomic E-state index is 13.9. The van der Waals surface area contributed by atoms with E-state index in [1.54, 1.807) is 19.1 Å². The van der Waals surface area contributed by atoms with Crippen molar-refractivity contribution in [3.05, 3.63) is 34.5 Å². The third-order valence-electron chi connectivity index (χ3n) is 3.53. The minimum Gasteiger partial charge on any atom is -0.480 e. The first-order valence-electron chi connectivity index (χ1n) is 6.30. The number of halogens is 1. The average molecular weight is 325 g/mol. The van der Waals surface area contributed by atoms with E-state index in [4.69, 9.17) is 5.11 Å². The molecule has 1 aliphatic heterocycles. The molecule has 110 valence electrons. The lowest BCUT2D eigenvalue weighted by Crippen LogP contribution is -2.41. The highest BCUT2D eigenvalue weighted by Gasteiger charge is 2.36. The third-order valence-corrected chi connectivity index (χ3v) is 5.78. The van der Waals surface area contributed by atoms with Crippen molar-refractivity contribution in [3.8, 4) is 0 Å². The molecule has 0 spiro atoms. The molecular weight excluding hydrogens is 313 g/mol. The molecule has 2 heterocycles. The zero-order chi connectivity index (χ0) is 15.1. The van der Waals surface area contributed by atoms with Crippen LogP contribution >= 0.6 is 23.1 Å². The molecule has 1 amide bonds. The molecule has 0 saturated carbocycles. The number of rotatable bonds is 2. The maximum absolute atomic E-state index is 13.9. The number of carboxylic acid groups (broad SMARTS) is 1. The summed E-state index contributed by atoms with van der Waals surface area (Å²) in [5.74, 6) is -0.944. The fourth-order valence-electron chi connectivity index (χ4n) is 2.44. The number of amides is 1. The summed E-state index contributed by atoms with van der Waals surface area (Å²) in [7, 11) is 0. The van der Waals surface area contributed by atoms with Crippen LogP contribution in [0.25, 0.3) is 10.1 Å². The summed E-state index contributed by atoms with van der Waals surface area (Å²) in [6, 6.07) is 3.92. The van der Waals surface area contributed by atoms with Crippen molar-refractivity contribution in [1.29, 1.82) is 0 Å². The highest BCUT2D eigenvalue weighted by atomic mass is 32.2. The predicted molar refractivity (Wildman–Crippen MR) is 81.4 cm³/mol. The van der Waals surface area contributed by atoms with Gasteiger partial charge in [0.15, 0.2) is 0 Å². The number of carboxylic acids is 1. The Balaban J connectivity index is 2.04. The topological polar surface area (TPSA) is 57.6 Å². The van der Waals surface area contributed by atoms with Gasteiger partial charge in [0.05, 0.1) is 10.8 Å². The van der Waals surface area contributed by atoms with Crippen molar-refractivity contribution in [1.82, 2.24) is 4.90 Å². The fourth-order valence-corrected chi connectivity index (χ4v) is 4.76. The van der Waals surface area contributed by atoms with E-state index < -0.39 is 12.0 Å². The summed E-state index contributed by atoms with van der Waals surface area (Å²) in [5.41, 5.74) is 0.583. The van der Waals surface area contributed by atoms with E-state index >= 15 is 0 Å². The lowest BCUT2D eigenvalue weighted by molar-refractivity contribution is -0.140. The van der Waals surface area contributed by atoms with Crippen LogP contribution in [0.15, 0.2) is 18.2 Å². The molecular formula is C14H12FNO3S2. The second kappa shape index (κ2) is 5.31. The molecule has 1 fully saturated rings. The predicted octanol–water partition coefficient (Wildman–Crippen LogP) is 2.95. The van der Waals surface area contributed by atoms with Crippen molar-refractivity contribution in [2.75, 3.05) is 11.6 Å². The summed E-state index contributed by atoms with van der Waals surface area (Å²) in [5, 5.41) is 9.62. The zero-order valence-electron chi connectivity index (χ0n) is 11.1. The van der Waals surface area contributed by atoms with Crippen molar-refractivity contribution in [2.45, 2.75) is 13.0 Å². The molecule has 4 nitrogen and oxygen atoms in total. The zero-order valence-corrected chi connectivity index (χ0v) is 12.8. The Hall–Kier alpha value is -1.60. The standard InChI is InChI=1S/C14H12FNO3S2/c1-7-11-8(15)3-2-4-10(11)21-12(7)13(17)16-6-20-5-9(16)14(18)19/h2-4,9H,5-6H2,1H3,(H,18,19). The van der Waals surface area contributed by atoms with Crippen LogP contribution in [0.1, 0.15) is 15.2 Å². The maximum Gasteiger partial charge on any atom is 0.327 e. The van der Waals surface area contributed by atoms with Gasteiger partial charge in [-0.1, -0.05) is 6.07 Å². The van der Waals surface area contributed by atoms with Crippen molar-refractivity contribution in [2.24, 2.45) is 0 Å². The number of nitrogens with zero attached hydrogens (tertiary/aromatic N) is 1. The van der Waals surface area contributed by atoms with E-state index in [1.807, 2.05) is 0 Å². The molecule has 1 aliphatic rings. The number of carbonyl (C=O) groups excluding carboxylic acids is 1. The SMILES string of the molecule is Cc1c(C(=O)N2CSCC2C(=O)O)sc2cccc(F)c12. The van der Waals surface area contributed by atoms with Crippen LogP contribution in [0.2, 0.25) is 0 Å². The number of aliphatic carboxylic acids is 1. The van der Waals surface area contributed by atoms with Crippen LogP contribution in [0.3, 0.4) is 0 Å². The molecule has 0 bridgehead atoms. The second-order valence-corrected chi connectivity index (χ2v) is 6.85. The van der Waals surface area contributed by atoms with Gasteiger partial charge in [-0.25, -0.2) is 9.18 Å². The largest absolute Gasteiger partial charge is 0.480 e. The van der Waals surface area contributed by atoms with Gasteiger partial charge in [-0.05, 0) is 24.6 Å². The first-order chi connectivity index (χ1) is 10.0. The van der Waals surface area contributed by atoms with Crippen LogP contribution in [0.5, 0.6) is 0 Å². The summed E-state index contributed by atoms with van der Waals surface area (Å²) >= 11 is 2.63. The van der Waals surface area contributed by atoms with E-state index in [0.717, 1.165) is 0 Å². The number of benzene rings is 1.